The van der Waals surface area contributed by atoms with Gasteiger partial charge in [0.05, 0.1) is 10.8 Å². The Morgan fingerprint density at radius 2 is 2.00 bits per heavy atom. The zero-order valence-corrected chi connectivity index (χ0v) is 12.6. The van der Waals surface area contributed by atoms with E-state index in [9.17, 15) is 9.59 Å². The molecule has 1 N–H and O–H groups in total. The van der Waals surface area contributed by atoms with Crippen molar-refractivity contribution in [3.05, 3.63) is 53.8 Å². The van der Waals surface area contributed by atoms with Crippen molar-refractivity contribution in [2.45, 2.75) is 18.1 Å². The quantitative estimate of drug-likeness (QED) is 0.932. The third-order valence-corrected chi connectivity index (χ3v) is 5.14. The molecule has 110 valence electrons. The number of benzene rings is 1. The summed E-state index contributed by atoms with van der Waals surface area (Å²) in [6.07, 6.45) is 7.02. The lowest BCUT2D eigenvalue weighted by Gasteiger charge is -2.09. The van der Waals surface area contributed by atoms with Crippen molar-refractivity contribution in [3.63, 3.8) is 0 Å². The van der Waals surface area contributed by atoms with Crippen LogP contribution in [-0.4, -0.2) is 16.7 Å². The topological polar surface area (TPSA) is 58.5 Å². The average molecular weight is 310 g/mol. The highest BCUT2D eigenvalue weighted by atomic mass is 32.2. The summed E-state index contributed by atoms with van der Waals surface area (Å²) in [5.41, 5.74) is 2.62. The smallest absolute Gasteiger partial charge is 0.227 e. The standard InChI is InChI=1S/C17H14N2O2S/c20-14-7-8-18-17-13(14)9-15(22-17)10-3-5-12(6-4-10)19-16(21)11-1-2-11/h3-9,11,15H,1-2H2,(H,19,21). The Hall–Kier alpha value is -2.14. The molecule has 0 spiro atoms. The van der Waals surface area contributed by atoms with Gasteiger partial charge in [-0.15, -0.1) is 0 Å². The van der Waals surface area contributed by atoms with Crippen molar-refractivity contribution in [1.82, 2.24) is 0 Å². The normalized spacial score (nSPS) is 22.9. The number of anilines is 1. The van der Waals surface area contributed by atoms with Crippen molar-refractivity contribution in [2.24, 2.45) is 10.9 Å². The number of nitrogens with one attached hydrogen (secondary N) is 1. The third-order valence-electron chi connectivity index (χ3n) is 3.93. The molecule has 2 aliphatic heterocycles. The number of allylic oxidation sites excluding steroid dienone is 1. The number of aliphatic imine (C=N–C) groups is 1. The fourth-order valence-electron chi connectivity index (χ4n) is 2.50. The first-order chi connectivity index (χ1) is 10.7. The number of carbonyl (C=O) groups excluding carboxylic acids is 2. The first-order valence-corrected chi connectivity index (χ1v) is 8.17. The molecule has 0 radical (unpaired) electrons. The van der Waals surface area contributed by atoms with Crippen LogP contribution in [-0.2, 0) is 9.59 Å². The molecule has 1 aromatic carbocycles. The van der Waals surface area contributed by atoms with Gasteiger partial charge in [-0.3, -0.25) is 9.59 Å². The molecule has 4 nitrogen and oxygen atoms in total. The molecule has 1 fully saturated rings. The number of hydrogen-bond acceptors (Lipinski definition) is 4. The summed E-state index contributed by atoms with van der Waals surface area (Å²) < 4.78 is 0. The Bertz CT molecular complexity index is 742. The van der Waals surface area contributed by atoms with Crippen molar-refractivity contribution in [1.29, 1.82) is 0 Å². The summed E-state index contributed by atoms with van der Waals surface area (Å²) in [6, 6.07) is 7.82. The zero-order valence-electron chi connectivity index (χ0n) is 11.8. The fourth-order valence-corrected chi connectivity index (χ4v) is 3.66. The maximum absolute atomic E-state index is 11.8. The molecule has 2 heterocycles. The fraction of sp³-hybridized carbons (Fsp3) is 0.235. The van der Waals surface area contributed by atoms with E-state index in [1.165, 1.54) is 6.08 Å². The van der Waals surface area contributed by atoms with Gasteiger partial charge < -0.3 is 5.32 Å². The molecule has 1 aromatic rings. The summed E-state index contributed by atoms with van der Waals surface area (Å²) in [5, 5.41) is 3.83. The van der Waals surface area contributed by atoms with E-state index in [1.807, 2.05) is 30.3 Å². The Kier molecular flexibility index (Phi) is 3.22. The summed E-state index contributed by atoms with van der Waals surface area (Å²) in [7, 11) is 0. The molecule has 0 saturated heterocycles. The molecule has 5 heteroatoms. The number of thioether (sulfide) groups is 1. The number of ketones is 1. The highest BCUT2D eigenvalue weighted by Gasteiger charge is 2.30. The Morgan fingerprint density at radius 3 is 2.68 bits per heavy atom. The first kappa shape index (κ1) is 13.5. The lowest BCUT2D eigenvalue weighted by atomic mass is 10.1. The first-order valence-electron chi connectivity index (χ1n) is 7.29. The van der Waals surface area contributed by atoms with Gasteiger partial charge in [-0.2, -0.15) is 0 Å². The van der Waals surface area contributed by atoms with E-state index in [-0.39, 0.29) is 22.9 Å². The second kappa shape index (κ2) is 5.25. The summed E-state index contributed by atoms with van der Waals surface area (Å²) in [5.74, 6) is 0.338. The van der Waals surface area contributed by atoms with Crippen molar-refractivity contribution in [3.8, 4) is 0 Å². The van der Waals surface area contributed by atoms with Crippen molar-refractivity contribution < 1.29 is 9.59 Å². The molecule has 22 heavy (non-hydrogen) atoms. The number of carbonyl (C=O) groups is 2. The second-order valence-electron chi connectivity index (χ2n) is 5.62. The van der Waals surface area contributed by atoms with Crippen LogP contribution in [0.15, 0.2) is 53.2 Å². The maximum atomic E-state index is 11.8. The Morgan fingerprint density at radius 1 is 1.23 bits per heavy atom. The number of nitrogens with zero attached hydrogens (tertiary/aromatic N) is 1. The van der Waals surface area contributed by atoms with Crippen LogP contribution in [0.2, 0.25) is 0 Å². The van der Waals surface area contributed by atoms with Crippen molar-refractivity contribution in [2.75, 3.05) is 5.32 Å². The van der Waals surface area contributed by atoms with Gasteiger partial charge >= 0.3 is 0 Å². The molecule has 1 aliphatic carbocycles. The van der Waals surface area contributed by atoms with E-state index < -0.39 is 0 Å². The molecular formula is C17H14N2O2S. The van der Waals surface area contributed by atoms with Crippen LogP contribution < -0.4 is 5.32 Å². The van der Waals surface area contributed by atoms with E-state index in [4.69, 9.17) is 0 Å². The second-order valence-corrected chi connectivity index (χ2v) is 6.75. The van der Waals surface area contributed by atoms with Gasteiger partial charge in [0.1, 0.15) is 5.04 Å². The van der Waals surface area contributed by atoms with Crippen LogP contribution in [0.25, 0.3) is 0 Å². The van der Waals surface area contributed by atoms with Gasteiger partial charge in [-0.05, 0) is 30.5 Å². The minimum absolute atomic E-state index is 0.0216. The van der Waals surface area contributed by atoms with Crippen LogP contribution in [0.3, 0.4) is 0 Å². The van der Waals surface area contributed by atoms with Crippen LogP contribution in [0.5, 0.6) is 0 Å². The Balaban J connectivity index is 1.50. The molecule has 1 amide bonds. The molecular weight excluding hydrogens is 296 g/mol. The number of amides is 1. The van der Waals surface area contributed by atoms with E-state index >= 15 is 0 Å². The molecule has 1 atom stereocenters. The third kappa shape index (κ3) is 2.52. The van der Waals surface area contributed by atoms with Crippen molar-refractivity contribution >= 4 is 34.2 Å². The van der Waals surface area contributed by atoms with E-state index in [1.54, 1.807) is 18.0 Å². The average Bonchev–Trinajstić information content (AvgIpc) is 3.28. The SMILES string of the molecule is O=C1C=CN=C2SC(c3ccc(NC(=O)C4CC4)cc3)C=C12. The molecule has 1 saturated carbocycles. The number of rotatable bonds is 3. The van der Waals surface area contributed by atoms with Crippen LogP contribution in [0, 0.1) is 5.92 Å². The maximum Gasteiger partial charge on any atom is 0.227 e. The molecule has 0 aromatic heterocycles. The lowest BCUT2D eigenvalue weighted by molar-refractivity contribution is -0.117. The lowest BCUT2D eigenvalue weighted by Crippen LogP contribution is -2.13. The van der Waals surface area contributed by atoms with Gasteiger partial charge in [0.15, 0.2) is 5.78 Å². The van der Waals surface area contributed by atoms with Crippen LogP contribution in [0.1, 0.15) is 23.7 Å². The predicted molar refractivity (Wildman–Crippen MR) is 87.8 cm³/mol. The molecule has 3 aliphatic rings. The summed E-state index contributed by atoms with van der Waals surface area (Å²) in [4.78, 5) is 27.8. The van der Waals surface area contributed by atoms with E-state index in [2.05, 4.69) is 10.3 Å². The highest BCUT2D eigenvalue weighted by molar-refractivity contribution is 8.15. The predicted octanol–water partition coefficient (Wildman–Crippen LogP) is 3.24. The monoisotopic (exact) mass is 310 g/mol. The summed E-state index contributed by atoms with van der Waals surface area (Å²) >= 11 is 1.58. The number of hydrogen-bond donors (Lipinski definition) is 1. The van der Waals surface area contributed by atoms with Gasteiger partial charge in [-0.1, -0.05) is 30.0 Å². The Labute approximate surface area is 132 Å². The molecule has 1 unspecified atom stereocenters. The minimum atomic E-state index is 0.0216. The van der Waals surface area contributed by atoms with Gasteiger partial charge in [-0.25, -0.2) is 4.99 Å². The van der Waals surface area contributed by atoms with Gasteiger partial charge in [0.25, 0.3) is 0 Å². The highest BCUT2D eigenvalue weighted by Crippen LogP contribution is 2.42. The van der Waals surface area contributed by atoms with Crippen LogP contribution >= 0.6 is 11.8 Å². The molecule has 0 bridgehead atoms. The van der Waals surface area contributed by atoms with Gasteiger partial charge in [0.2, 0.25) is 5.91 Å². The van der Waals surface area contributed by atoms with Gasteiger partial charge in [0, 0.05) is 23.9 Å². The van der Waals surface area contributed by atoms with E-state index in [0.29, 0.717) is 5.57 Å². The van der Waals surface area contributed by atoms with Crippen LogP contribution in [0.4, 0.5) is 5.69 Å². The van der Waals surface area contributed by atoms with E-state index in [0.717, 1.165) is 29.1 Å². The summed E-state index contributed by atoms with van der Waals surface area (Å²) in [6.45, 7) is 0. The zero-order chi connectivity index (χ0) is 15.1. The minimum Gasteiger partial charge on any atom is -0.326 e. The number of fused-ring (bicyclic) bond motifs is 1. The largest absolute Gasteiger partial charge is 0.326 e. The molecule has 4 rings (SSSR count).